The molecule has 1 rings (SSSR count). The van der Waals surface area contributed by atoms with Crippen molar-refractivity contribution in [2.45, 2.75) is 31.8 Å². The number of urea groups is 1. The smallest absolute Gasteiger partial charge is 0.429 e. The number of amides is 2. The Bertz CT molecular complexity index is 587. The van der Waals surface area contributed by atoms with E-state index in [0.717, 1.165) is 6.20 Å². The van der Waals surface area contributed by atoms with Crippen LogP contribution in [0.1, 0.15) is 20.3 Å². The van der Waals surface area contributed by atoms with Crippen LogP contribution < -0.4 is 16.2 Å². The van der Waals surface area contributed by atoms with E-state index in [1.54, 1.807) is 19.9 Å². The van der Waals surface area contributed by atoms with Crippen LogP contribution in [0.3, 0.4) is 0 Å². The minimum atomic E-state index is -1.73. The fourth-order valence-corrected chi connectivity index (χ4v) is 2.48. The molecule has 1 saturated heterocycles. The zero-order valence-corrected chi connectivity index (χ0v) is 11.8. The van der Waals surface area contributed by atoms with Crippen molar-refractivity contribution < 1.29 is 19.2 Å². The second-order valence-electron chi connectivity index (χ2n) is 5.23. The number of aliphatic carboxylic acids is 1. The number of nitrogens with zero attached hydrogens (tertiary/aromatic N) is 2. The summed E-state index contributed by atoms with van der Waals surface area (Å²) in [5.41, 5.74) is 3.83. The number of carboxylic acids is 1. The zero-order chi connectivity index (χ0) is 16.4. The van der Waals surface area contributed by atoms with Crippen molar-refractivity contribution >= 4 is 18.0 Å². The molecule has 0 aromatic heterocycles. The Morgan fingerprint density at radius 2 is 2.29 bits per heavy atom. The number of quaternary nitrogens is 1. The first-order chi connectivity index (χ1) is 9.65. The average Bonchev–Trinajstić information content (AvgIpc) is 2.55. The van der Waals surface area contributed by atoms with Crippen LogP contribution in [0.4, 0.5) is 4.79 Å². The van der Waals surface area contributed by atoms with E-state index in [1.165, 1.54) is 6.07 Å². The molecule has 1 heterocycles. The third-order valence-electron chi connectivity index (χ3n) is 3.83. The van der Waals surface area contributed by atoms with Gasteiger partial charge >= 0.3 is 12.0 Å². The molecule has 1 aliphatic heterocycles. The molecule has 0 spiro atoms. The summed E-state index contributed by atoms with van der Waals surface area (Å²) < 4.78 is -0.900. The highest BCUT2D eigenvalue weighted by molar-refractivity contribution is 5.92. The van der Waals surface area contributed by atoms with Crippen LogP contribution in [0.25, 0.3) is 0 Å². The summed E-state index contributed by atoms with van der Waals surface area (Å²) >= 11 is 0. The van der Waals surface area contributed by atoms with Gasteiger partial charge in [-0.25, -0.2) is 10.2 Å². The van der Waals surface area contributed by atoms with Gasteiger partial charge in [-0.15, -0.1) is 11.1 Å². The van der Waals surface area contributed by atoms with E-state index in [1.807, 2.05) is 0 Å². The molecule has 0 bridgehead atoms. The maximum Gasteiger partial charge on any atom is 0.429 e. The van der Waals surface area contributed by atoms with Crippen LogP contribution in [-0.4, -0.2) is 34.0 Å². The monoisotopic (exact) mass is 291 g/mol. The summed E-state index contributed by atoms with van der Waals surface area (Å²) in [5.74, 6) is -2.31. The number of rotatable bonds is 4. The second-order valence-corrected chi connectivity index (χ2v) is 5.23. The first-order valence-corrected chi connectivity index (χ1v) is 6.14. The molecular formula is C13H17N5O3. The Morgan fingerprint density at radius 3 is 2.67 bits per heavy atom. The number of carbonyl (C=O) groups excluding carboxylic acids is 2. The van der Waals surface area contributed by atoms with E-state index >= 15 is 0 Å². The van der Waals surface area contributed by atoms with E-state index < -0.39 is 39.6 Å². The lowest BCUT2D eigenvalue weighted by molar-refractivity contribution is -0.753. The average molecular weight is 291 g/mol. The fraction of sp³-hybridized carbons (Fsp3) is 0.385. The fourth-order valence-electron chi connectivity index (χ4n) is 2.48. The molecular weight excluding hydrogens is 274 g/mol. The zero-order valence-electron chi connectivity index (χ0n) is 11.8. The normalized spacial score (nSPS) is 27.6. The summed E-state index contributed by atoms with van der Waals surface area (Å²) in [6, 6.07) is 0.359. The van der Waals surface area contributed by atoms with E-state index in [0.29, 0.717) is 6.42 Å². The maximum absolute atomic E-state index is 12.4. The van der Waals surface area contributed by atoms with Crippen LogP contribution in [0.15, 0.2) is 24.4 Å². The van der Waals surface area contributed by atoms with Crippen molar-refractivity contribution in [1.29, 1.82) is 10.7 Å². The highest BCUT2D eigenvalue weighted by Gasteiger charge is 2.63. The molecule has 2 atom stereocenters. The molecule has 21 heavy (non-hydrogen) atoms. The molecule has 2 amide bonds. The number of carbonyl (C=O) groups is 2. The topological polar surface area (TPSA) is 143 Å². The molecule has 112 valence electrons. The third kappa shape index (κ3) is 2.28. The molecule has 4 N–H and O–H groups in total. The minimum Gasteiger partial charge on any atom is -0.544 e. The number of nitrogens with one attached hydrogen (secondary N) is 2. The Morgan fingerprint density at radius 1 is 1.71 bits per heavy atom. The van der Waals surface area contributed by atoms with Crippen molar-refractivity contribution in [1.82, 2.24) is 5.32 Å². The summed E-state index contributed by atoms with van der Waals surface area (Å²) in [6.07, 6.45) is 2.86. The summed E-state index contributed by atoms with van der Waals surface area (Å²) in [5, 5.41) is 30.2. The number of hydrogen-bond acceptors (Lipinski definition) is 5. The molecule has 0 saturated carbocycles. The van der Waals surface area contributed by atoms with Gasteiger partial charge in [-0.2, -0.15) is 5.26 Å². The Hall–Kier alpha value is -2.66. The lowest BCUT2D eigenvalue weighted by atomic mass is 9.90. The van der Waals surface area contributed by atoms with Gasteiger partial charge in [0.15, 0.2) is 0 Å². The number of guanidine groups is 1. The SMILES string of the molecule is C=CCC1NC(=O)[N+](C=C(C#N)C(=O)[O-])(C(=N)N)C1(C)C. The molecule has 2 unspecified atom stereocenters. The lowest BCUT2D eigenvalue weighted by Crippen LogP contribution is -2.64. The molecule has 0 radical (unpaired) electrons. The number of nitriles is 1. The molecule has 0 aliphatic carbocycles. The van der Waals surface area contributed by atoms with Gasteiger partial charge in [0.05, 0.1) is 12.0 Å². The van der Waals surface area contributed by atoms with Crippen LogP contribution in [0.5, 0.6) is 0 Å². The van der Waals surface area contributed by atoms with Crippen LogP contribution in [0.2, 0.25) is 0 Å². The third-order valence-corrected chi connectivity index (χ3v) is 3.83. The van der Waals surface area contributed by atoms with E-state index in [4.69, 9.17) is 16.4 Å². The van der Waals surface area contributed by atoms with E-state index in [-0.39, 0.29) is 0 Å². The van der Waals surface area contributed by atoms with Gasteiger partial charge in [0, 0.05) is 0 Å². The Balaban J connectivity index is 3.58. The molecule has 8 nitrogen and oxygen atoms in total. The van der Waals surface area contributed by atoms with Gasteiger partial charge in [-0.05, 0) is 20.3 Å². The summed E-state index contributed by atoms with van der Waals surface area (Å²) in [6.45, 7) is 6.91. The van der Waals surface area contributed by atoms with Gasteiger partial charge in [0.2, 0.25) is 0 Å². The van der Waals surface area contributed by atoms with E-state index in [2.05, 4.69) is 11.9 Å². The number of nitrogens with two attached hydrogens (primary N) is 1. The molecule has 1 fully saturated rings. The van der Waals surface area contributed by atoms with Crippen molar-refractivity contribution in [2.75, 3.05) is 0 Å². The van der Waals surface area contributed by atoms with Crippen LogP contribution in [0, 0.1) is 16.7 Å². The molecule has 0 aromatic rings. The minimum absolute atomic E-state index is 0.410. The van der Waals surface area contributed by atoms with Gasteiger partial charge < -0.3 is 15.6 Å². The second kappa shape index (κ2) is 5.38. The van der Waals surface area contributed by atoms with E-state index in [9.17, 15) is 14.7 Å². The standard InChI is InChI=1S/C13H17N5O3/c1-4-5-9-13(2,3)18(11(15)16,12(21)17-9)7-8(6-14)10(19)20/h4,7,9H,1,5H2,2-3H3,(H4-,15,16,17,19,20,21). The predicted molar refractivity (Wildman–Crippen MR) is 72.1 cm³/mol. The largest absolute Gasteiger partial charge is 0.544 e. The lowest BCUT2D eigenvalue weighted by Gasteiger charge is -2.37. The number of hydrogen-bond donors (Lipinski definition) is 3. The van der Waals surface area contributed by atoms with Crippen molar-refractivity contribution in [3.8, 4) is 6.07 Å². The quantitative estimate of drug-likeness (QED) is 0.157. The highest BCUT2D eigenvalue weighted by atomic mass is 16.4. The maximum atomic E-state index is 12.4. The Labute approximate surface area is 122 Å². The molecule has 0 aromatic carbocycles. The first-order valence-electron chi connectivity index (χ1n) is 6.14. The molecule has 8 heteroatoms. The first kappa shape index (κ1) is 16.4. The van der Waals surface area contributed by atoms with Crippen molar-refractivity contribution in [3.63, 3.8) is 0 Å². The molecule has 1 aliphatic rings. The Kier molecular flexibility index (Phi) is 4.20. The van der Waals surface area contributed by atoms with Gasteiger partial charge in [0.25, 0.3) is 0 Å². The van der Waals surface area contributed by atoms with Crippen LogP contribution >= 0.6 is 0 Å². The summed E-state index contributed by atoms with van der Waals surface area (Å²) in [7, 11) is 0. The van der Waals surface area contributed by atoms with Crippen LogP contribution in [-0.2, 0) is 4.79 Å². The number of carboxylic acid groups (broad SMARTS) is 1. The summed E-state index contributed by atoms with van der Waals surface area (Å²) in [4.78, 5) is 23.3. The van der Waals surface area contributed by atoms with Gasteiger partial charge in [-0.1, -0.05) is 6.08 Å². The van der Waals surface area contributed by atoms with Gasteiger partial charge in [-0.3, -0.25) is 5.32 Å². The highest BCUT2D eigenvalue weighted by Crippen LogP contribution is 2.37. The van der Waals surface area contributed by atoms with Crippen molar-refractivity contribution in [3.05, 3.63) is 24.4 Å². The van der Waals surface area contributed by atoms with Crippen molar-refractivity contribution in [2.24, 2.45) is 5.73 Å². The predicted octanol–water partition coefficient (Wildman–Crippen LogP) is -0.699. The van der Waals surface area contributed by atoms with Gasteiger partial charge in [0.1, 0.15) is 23.4 Å².